The number of rotatable bonds is 6. The smallest absolute Gasteiger partial charge is 0.141 e. The van der Waals surface area contributed by atoms with Gasteiger partial charge >= 0.3 is 0 Å². The molecule has 0 unspecified atom stereocenters. The Morgan fingerprint density at radius 2 is 2.03 bits per heavy atom. The van der Waals surface area contributed by atoms with Gasteiger partial charge in [0.2, 0.25) is 0 Å². The highest BCUT2D eigenvalue weighted by atomic mass is 32.1. The molecule has 0 amide bonds. The van der Waals surface area contributed by atoms with Gasteiger partial charge < -0.3 is 10.8 Å². The molecule has 4 aromatic rings. The highest BCUT2D eigenvalue weighted by Crippen LogP contribution is 2.41. The summed E-state index contributed by atoms with van der Waals surface area (Å²) in [7, 11) is 0. The zero-order valence-corrected chi connectivity index (χ0v) is 21.4. The van der Waals surface area contributed by atoms with E-state index in [1.54, 1.807) is 35.9 Å². The van der Waals surface area contributed by atoms with Crippen LogP contribution < -0.4 is 5.73 Å². The lowest BCUT2D eigenvalue weighted by atomic mass is 10.00. The van der Waals surface area contributed by atoms with Crippen molar-refractivity contribution in [1.82, 2.24) is 14.7 Å². The number of aromatic nitrogens is 2. The quantitative estimate of drug-likeness (QED) is 0.380. The van der Waals surface area contributed by atoms with E-state index < -0.39 is 11.4 Å². The van der Waals surface area contributed by atoms with E-state index in [1.807, 2.05) is 30.5 Å². The van der Waals surface area contributed by atoms with E-state index in [9.17, 15) is 9.50 Å². The molecular weight excluding hydrogens is 473 g/mol. The van der Waals surface area contributed by atoms with Crippen LogP contribution in [0.2, 0.25) is 0 Å². The number of halogens is 1. The van der Waals surface area contributed by atoms with Gasteiger partial charge in [0, 0.05) is 46.0 Å². The van der Waals surface area contributed by atoms with Gasteiger partial charge in [-0.2, -0.15) is 10.4 Å². The first-order valence-corrected chi connectivity index (χ1v) is 13.0. The third-order valence-corrected chi connectivity index (χ3v) is 7.64. The number of hydrogen-bond acceptors (Lipinski definition) is 6. The van der Waals surface area contributed by atoms with Gasteiger partial charge in [-0.1, -0.05) is 12.1 Å². The third-order valence-electron chi connectivity index (χ3n) is 6.47. The van der Waals surface area contributed by atoms with Gasteiger partial charge in [0.1, 0.15) is 11.9 Å². The summed E-state index contributed by atoms with van der Waals surface area (Å²) in [6.45, 7) is 6.62. The number of hydrogen-bond donors (Lipinski definition) is 2. The van der Waals surface area contributed by atoms with Crippen LogP contribution in [0.25, 0.3) is 32.5 Å². The lowest BCUT2D eigenvalue weighted by Gasteiger charge is -2.30. The molecule has 2 aromatic carbocycles. The number of fused-ring (bicyclic) bond motifs is 1. The number of likely N-dealkylation sites (tertiary alicyclic amines) is 1. The van der Waals surface area contributed by atoms with Crippen molar-refractivity contribution in [2.45, 2.75) is 51.4 Å². The summed E-state index contributed by atoms with van der Waals surface area (Å²) in [6.07, 6.45) is 4.10. The summed E-state index contributed by atoms with van der Waals surface area (Å²) >= 11 is 1.71. The topological polar surface area (TPSA) is 91.1 Å². The van der Waals surface area contributed by atoms with Crippen LogP contribution in [0.4, 0.5) is 4.39 Å². The molecule has 6 nitrogen and oxygen atoms in total. The average molecular weight is 504 g/mol. The van der Waals surface area contributed by atoms with Crippen molar-refractivity contribution < 1.29 is 9.50 Å². The molecule has 1 aliphatic rings. The summed E-state index contributed by atoms with van der Waals surface area (Å²) in [5.74, 6) is -0.515. The van der Waals surface area contributed by atoms with Gasteiger partial charge in [-0.15, -0.1) is 11.3 Å². The minimum atomic E-state index is -0.864. The van der Waals surface area contributed by atoms with Gasteiger partial charge in [0.05, 0.1) is 23.2 Å². The summed E-state index contributed by atoms with van der Waals surface area (Å²) in [4.78, 5) is 4.63. The predicted octanol–water partition coefficient (Wildman–Crippen LogP) is 5.14. The van der Waals surface area contributed by atoms with Crippen LogP contribution >= 0.6 is 11.3 Å². The van der Waals surface area contributed by atoms with E-state index in [0.717, 1.165) is 64.9 Å². The second kappa shape index (κ2) is 9.75. The molecule has 0 spiro atoms. The van der Waals surface area contributed by atoms with E-state index in [2.05, 4.69) is 22.1 Å². The normalized spacial score (nSPS) is 16.9. The molecule has 0 radical (unpaired) electrons. The minimum Gasteiger partial charge on any atom is -0.389 e. The number of nitrogens with zero attached hydrogens (tertiary/aromatic N) is 4. The molecule has 0 aliphatic carbocycles. The molecule has 1 atom stereocenters. The zero-order chi connectivity index (χ0) is 25.4. The fourth-order valence-electron chi connectivity index (χ4n) is 4.87. The van der Waals surface area contributed by atoms with Crippen LogP contribution in [0.1, 0.15) is 37.1 Å². The van der Waals surface area contributed by atoms with Gasteiger partial charge in [0.15, 0.2) is 0 Å². The molecule has 1 aliphatic heterocycles. The van der Waals surface area contributed by atoms with Crippen molar-refractivity contribution >= 4 is 22.2 Å². The number of thiophene rings is 1. The monoisotopic (exact) mass is 503 g/mol. The highest BCUT2D eigenvalue weighted by molar-refractivity contribution is 7.16. The van der Waals surface area contributed by atoms with Crippen LogP contribution in [0, 0.1) is 17.1 Å². The van der Waals surface area contributed by atoms with E-state index in [4.69, 9.17) is 11.0 Å². The number of piperidine rings is 1. The lowest BCUT2D eigenvalue weighted by Crippen LogP contribution is -2.42. The van der Waals surface area contributed by atoms with Crippen molar-refractivity contribution in [3.05, 3.63) is 64.9 Å². The molecule has 5 rings (SSSR count). The number of nitrogens with two attached hydrogens (primary N) is 1. The Balaban J connectivity index is 1.55. The molecule has 0 bridgehead atoms. The summed E-state index contributed by atoms with van der Waals surface area (Å²) in [6, 6.07) is 15.2. The predicted molar refractivity (Wildman–Crippen MR) is 142 cm³/mol. The van der Waals surface area contributed by atoms with Crippen LogP contribution in [0.5, 0.6) is 0 Å². The third kappa shape index (κ3) is 5.35. The Kier molecular flexibility index (Phi) is 6.66. The molecule has 1 saturated heterocycles. The molecule has 0 saturated carbocycles. The van der Waals surface area contributed by atoms with Crippen molar-refractivity contribution in [2.75, 3.05) is 13.1 Å². The Morgan fingerprint density at radius 1 is 1.22 bits per heavy atom. The van der Waals surface area contributed by atoms with Gasteiger partial charge in [-0.3, -0.25) is 9.58 Å². The Labute approximate surface area is 214 Å². The summed E-state index contributed by atoms with van der Waals surface area (Å²) in [5, 5.41) is 24.9. The van der Waals surface area contributed by atoms with Gasteiger partial charge in [-0.25, -0.2) is 4.39 Å². The minimum absolute atomic E-state index is 0.0405. The van der Waals surface area contributed by atoms with Crippen molar-refractivity contribution in [2.24, 2.45) is 5.73 Å². The second-order valence-electron chi connectivity index (χ2n) is 10.3. The molecular formula is C28H30FN5OS. The van der Waals surface area contributed by atoms with E-state index in [-0.39, 0.29) is 11.6 Å². The number of aliphatic hydroxyl groups is 1. The lowest BCUT2D eigenvalue weighted by molar-refractivity contribution is 0.0580. The molecule has 3 N–H and O–H groups in total. The summed E-state index contributed by atoms with van der Waals surface area (Å²) < 4.78 is 16.3. The van der Waals surface area contributed by atoms with Crippen LogP contribution in [0.3, 0.4) is 0 Å². The maximum Gasteiger partial charge on any atom is 0.141 e. The van der Waals surface area contributed by atoms with Crippen LogP contribution in [-0.4, -0.2) is 44.5 Å². The van der Waals surface area contributed by atoms with Gasteiger partial charge in [0.25, 0.3) is 0 Å². The van der Waals surface area contributed by atoms with Crippen molar-refractivity contribution in [1.29, 1.82) is 5.26 Å². The van der Waals surface area contributed by atoms with Crippen molar-refractivity contribution in [3.63, 3.8) is 0 Å². The Bertz CT molecular complexity index is 1440. The standard InChI is InChI=1S/C28H30FN5OS/c1-28(2,35)17-34-14-21-10-19(7-8-26(21)32-34)27-24(18-5-6-20(13-30)25(29)11-18)12-23(36-27)16-33-9-3-4-22(31)15-33/h5-8,10-12,14,22,35H,3-4,9,15-17,31H2,1-2H3/t22-/m1/s1. The Hall–Kier alpha value is -3.09. The second-order valence-corrected chi connectivity index (χ2v) is 11.4. The van der Waals surface area contributed by atoms with Crippen molar-refractivity contribution in [3.8, 4) is 27.6 Å². The first-order valence-electron chi connectivity index (χ1n) is 12.2. The maximum absolute atomic E-state index is 14.6. The summed E-state index contributed by atoms with van der Waals surface area (Å²) in [5.41, 5.74) is 8.95. The zero-order valence-electron chi connectivity index (χ0n) is 20.5. The van der Waals surface area contributed by atoms with Crippen LogP contribution in [0.15, 0.2) is 48.7 Å². The largest absolute Gasteiger partial charge is 0.389 e. The van der Waals surface area contributed by atoms with E-state index >= 15 is 0 Å². The fraction of sp³-hybridized carbons (Fsp3) is 0.357. The number of benzene rings is 2. The van der Waals surface area contributed by atoms with E-state index in [1.165, 1.54) is 10.9 Å². The molecule has 36 heavy (non-hydrogen) atoms. The highest BCUT2D eigenvalue weighted by Gasteiger charge is 2.21. The van der Waals surface area contributed by atoms with Crippen LogP contribution in [-0.2, 0) is 13.1 Å². The fourth-order valence-corrected chi connectivity index (χ4v) is 6.09. The van der Waals surface area contributed by atoms with E-state index in [0.29, 0.717) is 6.54 Å². The molecule has 186 valence electrons. The maximum atomic E-state index is 14.6. The first-order chi connectivity index (χ1) is 17.2. The molecule has 8 heteroatoms. The average Bonchev–Trinajstić information content (AvgIpc) is 3.40. The molecule has 2 aromatic heterocycles. The molecule has 1 fully saturated rings. The number of nitriles is 1. The molecule has 3 heterocycles. The van der Waals surface area contributed by atoms with Gasteiger partial charge in [-0.05, 0) is 74.7 Å². The first kappa shape index (κ1) is 24.6. The SMILES string of the molecule is CC(C)(O)Cn1cc2cc(-c3sc(CN4CCC[C@@H](N)C4)cc3-c3ccc(C#N)c(F)c3)ccc2n1. The Morgan fingerprint density at radius 3 is 2.75 bits per heavy atom.